The van der Waals surface area contributed by atoms with Gasteiger partial charge in [0.05, 0.1) is 11.8 Å². The summed E-state index contributed by atoms with van der Waals surface area (Å²) in [5.41, 5.74) is 1.92. The predicted octanol–water partition coefficient (Wildman–Crippen LogP) is 1.28. The highest BCUT2D eigenvalue weighted by atomic mass is 16.4. The molecule has 0 spiro atoms. The Morgan fingerprint density at radius 3 is 2.43 bits per heavy atom. The van der Waals surface area contributed by atoms with Gasteiger partial charge in [0.1, 0.15) is 0 Å². The van der Waals surface area contributed by atoms with Crippen LogP contribution in [0.3, 0.4) is 0 Å². The fourth-order valence-electron chi connectivity index (χ4n) is 3.27. The molecule has 2 heterocycles. The number of aryl methyl sites for hydroxylation is 1. The van der Waals surface area contributed by atoms with E-state index < -0.39 is 11.9 Å². The van der Waals surface area contributed by atoms with Gasteiger partial charge >= 0.3 is 5.97 Å². The molecule has 2 saturated heterocycles. The number of nitrogens with zero attached hydrogens (tertiary/aromatic N) is 2. The van der Waals surface area contributed by atoms with Crippen molar-refractivity contribution in [1.29, 1.82) is 0 Å². The Hall–Kier alpha value is -2.37. The maximum absolute atomic E-state index is 12.5. The Morgan fingerprint density at radius 2 is 1.83 bits per heavy atom. The summed E-state index contributed by atoms with van der Waals surface area (Å²) in [7, 11) is 0. The minimum atomic E-state index is -0.857. The van der Waals surface area contributed by atoms with E-state index in [4.69, 9.17) is 5.11 Å². The second kappa shape index (κ2) is 6.02. The summed E-state index contributed by atoms with van der Waals surface area (Å²) in [6, 6.07) is 7.65. The van der Waals surface area contributed by atoms with Crippen molar-refractivity contribution in [3.63, 3.8) is 0 Å². The lowest BCUT2D eigenvalue weighted by atomic mass is 10.1. The van der Waals surface area contributed by atoms with E-state index in [1.807, 2.05) is 31.2 Å². The summed E-state index contributed by atoms with van der Waals surface area (Å²) in [4.78, 5) is 39.0. The van der Waals surface area contributed by atoms with Crippen LogP contribution in [0.5, 0.6) is 0 Å². The van der Waals surface area contributed by atoms with E-state index in [0.717, 1.165) is 11.3 Å². The lowest BCUT2D eigenvalue weighted by Gasteiger charge is -2.21. The molecule has 0 unspecified atom stereocenters. The predicted molar refractivity (Wildman–Crippen MR) is 84.0 cm³/mol. The van der Waals surface area contributed by atoms with Crippen molar-refractivity contribution in [2.75, 3.05) is 24.5 Å². The van der Waals surface area contributed by atoms with Gasteiger partial charge in [-0.25, -0.2) is 0 Å². The molecule has 0 saturated carbocycles. The van der Waals surface area contributed by atoms with Crippen molar-refractivity contribution < 1.29 is 19.5 Å². The van der Waals surface area contributed by atoms with Gasteiger partial charge in [-0.05, 0) is 25.5 Å². The molecule has 1 aromatic rings. The SMILES string of the molecule is Cc1ccc(N2C[C@@H](C(=O)N3CC[C@H](C(=O)O)C3)CC2=O)cc1. The van der Waals surface area contributed by atoms with Crippen molar-refractivity contribution in [1.82, 2.24) is 4.90 Å². The molecule has 0 aliphatic carbocycles. The first kappa shape index (κ1) is 15.5. The van der Waals surface area contributed by atoms with Gasteiger partial charge in [0.2, 0.25) is 11.8 Å². The van der Waals surface area contributed by atoms with Crippen molar-refractivity contribution in [2.45, 2.75) is 19.8 Å². The number of carboxylic acids is 1. The molecular formula is C17H20N2O4. The summed E-state index contributed by atoms with van der Waals surface area (Å²) in [6.07, 6.45) is 0.685. The molecule has 0 bridgehead atoms. The van der Waals surface area contributed by atoms with Gasteiger partial charge < -0.3 is 14.9 Å². The van der Waals surface area contributed by atoms with Crippen LogP contribution in [-0.4, -0.2) is 47.4 Å². The topological polar surface area (TPSA) is 77.9 Å². The van der Waals surface area contributed by atoms with E-state index in [9.17, 15) is 14.4 Å². The molecule has 1 aromatic carbocycles. The lowest BCUT2D eigenvalue weighted by molar-refractivity contribution is -0.141. The molecule has 0 radical (unpaired) electrons. The van der Waals surface area contributed by atoms with Gasteiger partial charge in [0.15, 0.2) is 0 Å². The van der Waals surface area contributed by atoms with E-state index in [-0.39, 0.29) is 30.7 Å². The molecule has 2 aliphatic heterocycles. The second-order valence-corrected chi connectivity index (χ2v) is 6.35. The monoisotopic (exact) mass is 316 g/mol. The smallest absolute Gasteiger partial charge is 0.308 e. The molecule has 2 fully saturated rings. The lowest BCUT2D eigenvalue weighted by Crippen LogP contribution is -2.36. The zero-order valence-corrected chi connectivity index (χ0v) is 13.1. The number of carbonyl (C=O) groups is 3. The minimum Gasteiger partial charge on any atom is -0.481 e. The van der Waals surface area contributed by atoms with Crippen molar-refractivity contribution in [2.24, 2.45) is 11.8 Å². The number of anilines is 1. The van der Waals surface area contributed by atoms with E-state index >= 15 is 0 Å². The number of likely N-dealkylation sites (tertiary alicyclic amines) is 1. The Balaban J connectivity index is 1.66. The standard InChI is InChI=1S/C17H20N2O4/c1-11-2-4-14(5-3-11)19-10-13(8-15(19)20)16(21)18-7-6-12(9-18)17(22)23/h2-5,12-13H,6-10H2,1H3,(H,22,23)/t12-,13-/m0/s1. The summed E-state index contributed by atoms with van der Waals surface area (Å²) in [5, 5.41) is 9.03. The normalized spacial score (nSPS) is 24.3. The Kier molecular flexibility index (Phi) is 4.07. The van der Waals surface area contributed by atoms with Crippen molar-refractivity contribution in [3.05, 3.63) is 29.8 Å². The fraction of sp³-hybridized carbons (Fsp3) is 0.471. The molecule has 2 atom stereocenters. The van der Waals surface area contributed by atoms with Crippen LogP contribution in [0, 0.1) is 18.8 Å². The average molecular weight is 316 g/mol. The van der Waals surface area contributed by atoms with Crippen molar-refractivity contribution in [3.8, 4) is 0 Å². The number of aliphatic carboxylic acids is 1. The van der Waals surface area contributed by atoms with Crippen LogP contribution < -0.4 is 4.90 Å². The van der Waals surface area contributed by atoms with Crippen LogP contribution in [0.1, 0.15) is 18.4 Å². The molecule has 3 rings (SSSR count). The number of carbonyl (C=O) groups excluding carboxylic acids is 2. The second-order valence-electron chi connectivity index (χ2n) is 6.35. The largest absolute Gasteiger partial charge is 0.481 e. The molecule has 0 aromatic heterocycles. The quantitative estimate of drug-likeness (QED) is 0.911. The summed E-state index contributed by atoms with van der Waals surface area (Å²) in [6.45, 7) is 3.07. The van der Waals surface area contributed by atoms with Crippen LogP contribution in [0.4, 0.5) is 5.69 Å². The van der Waals surface area contributed by atoms with Crippen LogP contribution in [-0.2, 0) is 14.4 Å². The fourth-order valence-corrected chi connectivity index (χ4v) is 3.27. The van der Waals surface area contributed by atoms with Gasteiger partial charge in [-0.1, -0.05) is 17.7 Å². The maximum atomic E-state index is 12.5. The first-order chi connectivity index (χ1) is 11.0. The van der Waals surface area contributed by atoms with Gasteiger partial charge in [0, 0.05) is 31.7 Å². The van der Waals surface area contributed by atoms with Crippen LogP contribution >= 0.6 is 0 Å². The summed E-state index contributed by atoms with van der Waals surface area (Å²) in [5.74, 6) is -1.87. The number of benzene rings is 1. The van der Waals surface area contributed by atoms with E-state index in [0.29, 0.717) is 19.5 Å². The third-order valence-electron chi connectivity index (χ3n) is 4.67. The minimum absolute atomic E-state index is 0.0545. The third-order valence-corrected chi connectivity index (χ3v) is 4.67. The van der Waals surface area contributed by atoms with Gasteiger partial charge in [0.25, 0.3) is 0 Å². The number of amides is 2. The van der Waals surface area contributed by atoms with Crippen molar-refractivity contribution >= 4 is 23.5 Å². The van der Waals surface area contributed by atoms with E-state index in [1.165, 1.54) is 0 Å². The summed E-state index contributed by atoms with van der Waals surface area (Å²) < 4.78 is 0. The maximum Gasteiger partial charge on any atom is 0.308 e. The van der Waals surface area contributed by atoms with Gasteiger partial charge in [-0.15, -0.1) is 0 Å². The van der Waals surface area contributed by atoms with Crippen LogP contribution in [0.15, 0.2) is 24.3 Å². The highest BCUT2D eigenvalue weighted by Crippen LogP contribution is 2.28. The van der Waals surface area contributed by atoms with Crippen LogP contribution in [0.2, 0.25) is 0 Å². The number of hydrogen-bond acceptors (Lipinski definition) is 3. The first-order valence-corrected chi connectivity index (χ1v) is 7.84. The Morgan fingerprint density at radius 1 is 1.13 bits per heavy atom. The number of hydrogen-bond donors (Lipinski definition) is 1. The molecule has 23 heavy (non-hydrogen) atoms. The average Bonchev–Trinajstić information content (AvgIpc) is 3.14. The zero-order valence-electron chi connectivity index (χ0n) is 13.1. The molecule has 2 aliphatic rings. The first-order valence-electron chi connectivity index (χ1n) is 7.84. The highest BCUT2D eigenvalue weighted by Gasteiger charge is 2.40. The highest BCUT2D eigenvalue weighted by molar-refractivity contribution is 6.00. The molecule has 1 N–H and O–H groups in total. The summed E-state index contributed by atoms with van der Waals surface area (Å²) >= 11 is 0. The number of rotatable bonds is 3. The van der Waals surface area contributed by atoms with Gasteiger partial charge in [-0.2, -0.15) is 0 Å². The third kappa shape index (κ3) is 3.06. The van der Waals surface area contributed by atoms with E-state index in [1.54, 1.807) is 9.80 Å². The molecular weight excluding hydrogens is 296 g/mol. The number of carboxylic acid groups (broad SMARTS) is 1. The van der Waals surface area contributed by atoms with Gasteiger partial charge in [-0.3, -0.25) is 14.4 Å². The molecule has 122 valence electrons. The van der Waals surface area contributed by atoms with E-state index in [2.05, 4.69) is 0 Å². The zero-order chi connectivity index (χ0) is 16.6. The Bertz CT molecular complexity index is 640. The molecule has 6 nitrogen and oxygen atoms in total. The molecule has 6 heteroatoms. The van der Waals surface area contributed by atoms with Crippen LogP contribution in [0.25, 0.3) is 0 Å². The Labute approximate surface area is 134 Å². The molecule has 2 amide bonds.